The lowest BCUT2D eigenvalue weighted by Crippen LogP contribution is -2.34. The number of nitrogens with one attached hydrogen (secondary N) is 2. The van der Waals surface area contributed by atoms with Gasteiger partial charge >= 0.3 is 5.97 Å². The summed E-state index contributed by atoms with van der Waals surface area (Å²) in [7, 11) is 0. The molecule has 30 heavy (non-hydrogen) atoms. The first kappa shape index (κ1) is 23.4. The van der Waals surface area contributed by atoms with Gasteiger partial charge in [0.2, 0.25) is 11.9 Å². The molecule has 2 atom stereocenters. The number of hydrogen-bond donors (Lipinski definition) is 2. The number of hydrogen-bond acceptors (Lipinski definition) is 9. The number of H-pyrrole nitrogens is 1. The van der Waals surface area contributed by atoms with Gasteiger partial charge < -0.3 is 14.2 Å². The molecule has 0 aromatic carbocycles. The van der Waals surface area contributed by atoms with Gasteiger partial charge in [0.25, 0.3) is 5.56 Å². The lowest BCUT2D eigenvalue weighted by atomic mass is 10.1. The van der Waals surface area contributed by atoms with Crippen LogP contribution in [0.4, 0.5) is 5.95 Å². The Morgan fingerprint density at radius 3 is 2.33 bits per heavy atom. The molecule has 2 rings (SSSR count). The second kappa shape index (κ2) is 10.2. The van der Waals surface area contributed by atoms with E-state index in [0.717, 1.165) is 0 Å². The maximum absolute atomic E-state index is 12.4. The normalized spacial score (nSPS) is 13.5. The predicted octanol–water partition coefficient (Wildman–Crippen LogP) is 1.49. The van der Waals surface area contributed by atoms with E-state index in [1.807, 2.05) is 27.7 Å². The van der Waals surface area contributed by atoms with Crippen LogP contribution < -0.4 is 10.9 Å². The zero-order valence-electron chi connectivity index (χ0n) is 17.9. The fourth-order valence-corrected chi connectivity index (χ4v) is 2.68. The largest absolute Gasteiger partial charge is 0.463 e. The Morgan fingerprint density at radius 1 is 1.10 bits per heavy atom. The SMILES string of the molecule is CC(=O)Nc1nc2ncc([C@@H](OC(C)C)[C@H](COC(C)=O)OC(C)C)nc2c(=O)[nH]1. The first-order valence-electron chi connectivity index (χ1n) is 9.55. The molecule has 1 amide bonds. The number of anilines is 1. The molecule has 0 aliphatic carbocycles. The summed E-state index contributed by atoms with van der Waals surface area (Å²) in [6.45, 7) is 9.92. The topological polar surface area (TPSA) is 145 Å². The zero-order valence-corrected chi connectivity index (χ0v) is 17.9. The van der Waals surface area contributed by atoms with Crippen LogP contribution in [0.25, 0.3) is 11.2 Å². The Kier molecular flexibility index (Phi) is 7.95. The van der Waals surface area contributed by atoms with Crippen molar-refractivity contribution < 1.29 is 23.8 Å². The van der Waals surface area contributed by atoms with E-state index in [1.165, 1.54) is 20.0 Å². The zero-order chi connectivity index (χ0) is 22.4. The molecule has 0 bridgehead atoms. The highest BCUT2D eigenvalue weighted by Gasteiger charge is 2.30. The van der Waals surface area contributed by atoms with Crippen LogP contribution in [0.2, 0.25) is 0 Å². The molecule has 0 spiro atoms. The van der Waals surface area contributed by atoms with Crippen molar-refractivity contribution >= 4 is 29.0 Å². The highest BCUT2D eigenvalue weighted by Crippen LogP contribution is 2.25. The van der Waals surface area contributed by atoms with Gasteiger partial charge in [0.15, 0.2) is 11.2 Å². The molecule has 0 aliphatic heterocycles. The van der Waals surface area contributed by atoms with E-state index in [9.17, 15) is 14.4 Å². The van der Waals surface area contributed by atoms with Gasteiger partial charge in [-0.2, -0.15) is 4.98 Å². The molecule has 0 fully saturated rings. The Hall–Kier alpha value is -2.92. The quantitative estimate of drug-likeness (QED) is 0.575. The molecule has 164 valence electrons. The van der Waals surface area contributed by atoms with Gasteiger partial charge in [-0.25, -0.2) is 9.97 Å². The van der Waals surface area contributed by atoms with Crippen LogP contribution in [-0.2, 0) is 23.8 Å². The third kappa shape index (κ3) is 6.56. The van der Waals surface area contributed by atoms with Crippen LogP contribution in [0.5, 0.6) is 0 Å². The second-order valence-electron chi connectivity index (χ2n) is 7.19. The van der Waals surface area contributed by atoms with Gasteiger partial charge in [0.05, 0.1) is 24.1 Å². The van der Waals surface area contributed by atoms with E-state index < -0.39 is 23.7 Å². The number of carbonyl (C=O) groups excluding carboxylic acids is 2. The molecule has 0 aliphatic rings. The van der Waals surface area contributed by atoms with Gasteiger partial charge in [-0.05, 0) is 27.7 Å². The molecule has 0 saturated heterocycles. The first-order valence-corrected chi connectivity index (χ1v) is 9.55. The number of aromatic nitrogens is 4. The predicted molar refractivity (Wildman–Crippen MR) is 108 cm³/mol. The van der Waals surface area contributed by atoms with Gasteiger partial charge in [-0.15, -0.1) is 0 Å². The van der Waals surface area contributed by atoms with E-state index >= 15 is 0 Å². The summed E-state index contributed by atoms with van der Waals surface area (Å²) in [5, 5.41) is 2.40. The van der Waals surface area contributed by atoms with Crippen LogP contribution in [0.15, 0.2) is 11.0 Å². The number of fused-ring (bicyclic) bond motifs is 1. The molecular weight excluding hydrogens is 394 g/mol. The van der Waals surface area contributed by atoms with Crippen LogP contribution in [0.3, 0.4) is 0 Å². The summed E-state index contributed by atoms with van der Waals surface area (Å²) < 4.78 is 17.0. The number of esters is 1. The van der Waals surface area contributed by atoms with Crippen molar-refractivity contribution in [2.45, 2.75) is 66.0 Å². The minimum absolute atomic E-state index is 0.0188. The van der Waals surface area contributed by atoms with Crippen molar-refractivity contribution in [3.8, 4) is 0 Å². The number of rotatable bonds is 9. The average Bonchev–Trinajstić information content (AvgIpc) is 2.62. The first-order chi connectivity index (χ1) is 14.1. The lowest BCUT2D eigenvalue weighted by Gasteiger charge is -2.29. The van der Waals surface area contributed by atoms with E-state index in [1.54, 1.807) is 0 Å². The van der Waals surface area contributed by atoms with Crippen molar-refractivity contribution in [3.05, 3.63) is 22.2 Å². The maximum atomic E-state index is 12.4. The molecule has 2 aromatic heterocycles. The number of amides is 1. The minimum Gasteiger partial charge on any atom is -0.463 e. The van der Waals surface area contributed by atoms with Crippen molar-refractivity contribution in [2.24, 2.45) is 0 Å². The molecule has 0 unspecified atom stereocenters. The Balaban J connectivity index is 2.48. The third-order valence-electron chi connectivity index (χ3n) is 3.68. The highest BCUT2D eigenvalue weighted by atomic mass is 16.6. The Labute approximate surface area is 173 Å². The van der Waals surface area contributed by atoms with Crippen molar-refractivity contribution in [3.63, 3.8) is 0 Å². The van der Waals surface area contributed by atoms with E-state index in [2.05, 4.69) is 25.3 Å². The molecular formula is C19H27N5O6. The standard InChI is InChI=1S/C19H27N5O6/c1-9(2)29-14(8-28-12(6)26)16(30-10(3)4)13-7-20-17-15(22-13)18(27)24-19(23-17)21-11(5)25/h7,9-10,14,16H,8H2,1-6H3,(H2,20,21,23,24,25,27)/t14-,16+/m0/s1. The maximum Gasteiger partial charge on any atom is 0.302 e. The molecule has 2 aromatic rings. The summed E-state index contributed by atoms with van der Waals surface area (Å²) in [6.07, 6.45) is -0.389. The summed E-state index contributed by atoms with van der Waals surface area (Å²) in [5.74, 6) is -0.856. The van der Waals surface area contributed by atoms with Crippen molar-refractivity contribution in [2.75, 3.05) is 11.9 Å². The monoisotopic (exact) mass is 421 g/mol. The Bertz CT molecular complexity index is 958. The van der Waals surface area contributed by atoms with Crippen molar-refractivity contribution in [1.82, 2.24) is 19.9 Å². The third-order valence-corrected chi connectivity index (χ3v) is 3.68. The fourth-order valence-electron chi connectivity index (χ4n) is 2.68. The molecule has 2 heterocycles. The average molecular weight is 421 g/mol. The van der Waals surface area contributed by atoms with Crippen molar-refractivity contribution in [1.29, 1.82) is 0 Å². The van der Waals surface area contributed by atoms with Crippen LogP contribution in [0.1, 0.15) is 53.3 Å². The lowest BCUT2D eigenvalue weighted by molar-refractivity contribution is -0.160. The summed E-state index contributed by atoms with van der Waals surface area (Å²) in [5.41, 5.74) is -0.193. The minimum atomic E-state index is -0.752. The molecule has 2 N–H and O–H groups in total. The Morgan fingerprint density at radius 2 is 1.77 bits per heavy atom. The highest BCUT2D eigenvalue weighted by molar-refractivity contribution is 5.87. The summed E-state index contributed by atoms with van der Waals surface area (Å²) in [4.78, 5) is 50.1. The number of ether oxygens (including phenoxy) is 3. The van der Waals surface area contributed by atoms with Gasteiger partial charge in [0, 0.05) is 13.8 Å². The molecule has 11 heteroatoms. The molecule has 11 nitrogen and oxygen atoms in total. The van der Waals surface area contributed by atoms with E-state index in [0.29, 0.717) is 5.69 Å². The number of aromatic amines is 1. The van der Waals surface area contributed by atoms with E-state index in [-0.39, 0.29) is 41.8 Å². The summed E-state index contributed by atoms with van der Waals surface area (Å²) >= 11 is 0. The van der Waals surface area contributed by atoms with Gasteiger partial charge in [-0.1, -0.05) is 0 Å². The number of carbonyl (C=O) groups is 2. The summed E-state index contributed by atoms with van der Waals surface area (Å²) in [6, 6.07) is 0. The van der Waals surface area contributed by atoms with Crippen LogP contribution in [0, 0.1) is 0 Å². The van der Waals surface area contributed by atoms with Crippen LogP contribution >= 0.6 is 0 Å². The number of nitrogens with zero attached hydrogens (tertiary/aromatic N) is 3. The molecule has 0 radical (unpaired) electrons. The van der Waals surface area contributed by atoms with Gasteiger partial charge in [0.1, 0.15) is 18.8 Å². The van der Waals surface area contributed by atoms with E-state index in [4.69, 9.17) is 14.2 Å². The second-order valence-corrected chi connectivity index (χ2v) is 7.19. The van der Waals surface area contributed by atoms with Crippen LogP contribution in [-0.4, -0.2) is 56.7 Å². The molecule has 0 saturated carbocycles. The van der Waals surface area contributed by atoms with Gasteiger partial charge in [-0.3, -0.25) is 24.7 Å². The fraction of sp³-hybridized carbons (Fsp3) is 0.579. The smallest absolute Gasteiger partial charge is 0.302 e.